The van der Waals surface area contributed by atoms with Crippen molar-refractivity contribution in [2.24, 2.45) is 0 Å². The van der Waals surface area contributed by atoms with Crippen LogP contribution in [0.1, 0.15) is 5.56 Å². The number of hydrogen-bond donors (Lipinski definition) is 1. The van der Waals surface area contributed by atoms with Crippen LogP contribution in [0.15, 0.2) is 36.5 Å². The van der Waals surface area contributed by atoms with Crippen LogP contribution in [-0.4, -0.2) is 40.1 Å². The number of para-hydroxylation sites is 1. The molecular formula is C14H14N2O2. The number of nitrogens with zero attached hydrogens (tertiary/aromatic N) is 2. The second-order valence-electron chi connectivity index (χ2n) is 4.62. The zero-order valence-corrected chi connectivity index (χ0v) is 9.91. The summed E-state index contributed by atoms with van der Waals surface area (Å²) in [6.07, 6.45) is 1.74. The Bertz CT molecular complexity index is 586. The monoisotopic (exact) mass is 242 g/mol. The molecule has 1 aromatic carbocycles. The molecule has 0 spiro atoms. The zero-order valence-electron chi connectivity index (χ0n) is 9.91. The van der Waals surface area contributed by atoms with E-state index < -0.39 is 0 Å². The first-order chi connectivity index (χ1) is 8.74. The molecule has 1 N–H and O–H groups in total. The van der Waals surface area contributed by atoms with Gasteiger partial charge in [-0.2, -0.15) is 0 Å². The number of aliphatic hydroxyl groups is 1. The van der Waals surface area contributed by atoms with E-state index in [0.717, 1.165) is 16.5 Å². The topological polar surface area (TPSA) is 53.4 Å². The van der Waals surface area contributed by atoms with Crippen molar-refractivity contribution in [1.29, 1.82) is 0 Å². The molecule has 0 atom stereocenters. The standard InChI is InChI=1S/C14H14N2O2/c17-12-8-16(9-12)13(18)7-11-4-1-3-10-5-2-6-15-14(10)11/h1-6,12,17H,7-9H2. The Morgan fingerprint density at radius 2 is 2.11 bits per heavy atom. The number of aromatic nitrogens is 1. The number of likely N-dealkylation sites (tertiary alicyclic amines) is 1. The molecule has 3 rings (SSSR count). The van der Waals surface area contributed by atoms with Crippen molar-refractivity contribution in [3.8, 4) is 0 Å². The zero-order chi connectivity index (χ0) is 12.5. The molecular weight excluding hydrogens is 228 g/mol. The highest BCUT2D eigenvalue weighted by atomic mass is 16.3. The maximum Gasteiger partial charge on any atom is 0.227 e. The molecule has 0 saturated carbocycles. The number of fused-ring (bicyclic) bond motifs is 1. The SMILES string of the molecule is O=C(Cc1cccc2cccnc12)N1CC(O)C1. The number of rotatable bonds is 2. The Labute approximate surface area is 105 Å². The molecule has 1 fully saturated rings. The quantitative estimate of drug-likeness (QED) is 0.854. The van der Waals surface area contributed by atoms with Gasteiger partial charge in [0.05, 0.1) is 18.0 Å². The van der Waals surface area contributed by atoms with Crippen molar-refractivity contribution in [3.63, 3.8) is 0 Å². The number of hydrogen-bond acceptors (Lipinski definition) is 3. The van der Waals surface area contributed by atoms with Crippen LogP contribution >= 0.6 is 0 Å². The van der Waals surface area contributed by atoms with Crippen molar-refractivity contribution in [2.45, 2.75) is 12.5 Å². The van der Waals surface area contributed by atoms with Gasteiger partial charge in [-0.3, -0.25) is 9.78 Å². The van der Waals surface area contributed by atoms with Crippen molar-refractivity contribution in [2.75, 3.05) is 13.1 Å². The van der Waals surface area contributed by atoms with Crippen LogP contribution in [0, 0.1) is 0 Å². The highest BCUT2D eigenvalue weighted by Crippen LogP contribution is 2.18. The second-order valence-corrected chi connectivity index (χ2v) is 4.62. The summed E-state index contributed by atoms with van der Waals surface area (Å²) < 4.78 is 0. The van der Waals surface area contributed by atoms with E-state index in [1.807, 2.05) is 30.3 Å². The third kappa shape index (κ3) is 1.95. The van der Waals surface area contributed by atoms with Gasteiger partial charge in [0.15, 0.2) is 0 Å². The number of carbonyl (C=O) groups excluding carboxylic acids is 1. The minimum absolute atomic E-state index is 0.0541. The summed E-state index contributed by atoms with van der Waals surface area (Å²) in [6.45, 7) is 0.911. The smallest absolute Gasteiger partial charge is 0.227 e. The molecule has 1 amide bonds. The van der Waals surface area contributed by atoms with Gasteiger partial charge in [0.2, 0.25) is 5.91 Å². The molecule has 0 unspecified atom stereocenters. The van der Waals surface area contributed by atoms with E-state index in [4.69, 9.17) is 0 Å². The van der Waals surface area contributed by atoms with Crippen LogP contribution < -0.4 is 0 Å². The molecule has 1 aliphatic rings. The van der Waals surface area contributed by atoms with Gasteiger partial charge in [-0.1, -0.05) is 24.3 Å². The summed E-state index contributed by atoms with van der Waals surface area (Å²) in [5, 5.41) is 10.2. The van der Waals surface area contributed by atoms with E-state index in [0.29, 0.717) is 19.5 Å². The lowest BCUT2D eigenvalue weighted by Gasteiger charge is -2.36. The lowest BCUT2D eigenvalue weighted by Crippen LogP contribution is -2.53. The number of amides is 1. The number of β-amino-alcohol motifs (C(OH)–C–C–N with tert-alkyl or cyclic N) is 1. The van der Waals surface area contributed by atoms with Crippen LogP contribution in [0.4, 0.5) is 0 Å². The molecule has 92 valence electrons. The van der Waals surface area contributed by atoms with Crippen molar-refractivity contribution in [3.05, 3.63) is 42.1 Å². The van der Waals surface area contributed by atoms with Gasteiger partial charge in [-0.05, 0) is 11.6 Å². The number of benzene rings is 1. The summed E-state index contributed by atoms with van der Waals surface area (Å²) in [5.41, 5.74) is 1.83. The Morgan fingerprint density at radius 3 is 2.89 bits per heavy atom. The first-order valence-corrected chi connectivity index (χ1v) is 6.02. The van der Waals surface area contributed by atoms with Crippen molar-refractivity contribution >= 4 is 16.8 Å². The molecule has 2 heterocycles. The van der Waals surface area contributed by atoms with Gasteiger partial charge in [0.1, 0.15) is 0 Å². The third-order valence-electron chi connectivity index (χ3n) is 3.27. The minimum Gasteiger partial charge on any atom is -0.389 e. The van der Waals surface area contributed by atoms with Crippen LogP contribution in [0.25, 0.3) is 10.9 Å². The van der Waals surface area contributed by atoms with Crippen molar-refractivity contribution in [1.82, 2.24) is 9.88 Å². The van der Waals surface area contributed by atoms with E-state index in [1.165, 1.54) is 0 Å². The predicted octanol–water partition coefficient (Wildman–Crippen LogP) is 0.980. The van der Waals surface area contributed by atoms with E-state index in [9.17, 15) is 9.90 Å². The second kappa shape index (κ2) is 4.38. The van der Waals surface area contributed by atoms with Gasteiger partial charge >= 0.3 is 0 Å². The van der Waals surface area contributed by atoms with Crippen LogP contribution in [0.3, 0.4) is 0 Å². The van der Waals surface area contributed by atoms with Crippen LogP contribution in [0.2, 0.25) is 0 Å². The maximum atomic E-state index is 12.0. The summed E-state index contributed by atoms with van der Waals surface area (Å²) in [7, 11) is 0. The highest BCUT2D eigenvalue weighted by molar-refractivity contribution is 5.87. The predicted molar refractivity (Wildman–Crippen MR) is 68.0 cm³/mol. The fourth-order valence-electron chi connectivity index (χ4n) is 2.24. The normalized spacial score (nSPS) is 15.7. The van der Waals surface area contributed by atoms with Crippen LogP contribution in [0.5, 0.6) is 0 Å². The van der Waals surface area contributed by atoms with Crippen molar-refractivity contribution < 1.29 is 9.90 Å². The molecule has 4 nitrogen and oxygen atoms in total. The Balaban J connectivity index is 1.84. The summed E-state index contributed by atoms with van der Waals surface area (Å²) >= 11 is 0. The summed E-state index contributed by atoms with van der Waals surface area (Å²) in [6, 6.07) is 9.74. The summed E-state index contributed by atoms with van der Waals surface area (Å²) in [4.78, 5) is 18.0. The number of carbonyl (C=O) groups is 1. The first-order valence-electron chi connectivity index (χ1n) is 6.02. The van der Waals surface area contributed by atoms with E-state index in [1.54, 1.807) is 11.1 Å². The number of pyridine rings is 1. The maximum absolute atomic E-state index is 12.0. The Kier molecular flexibility index (Phi) is 2.72. The first kappa shape index (κ1) is 11.2. The lowest BCUT2D eigenvalue weighted by atomic mass is 10.0. The molecule has 1 saturated heterocycles. The van der Waals surface area contributed by atoms with E-state index in [-0.39, 0.29) is 12.0 Å². The molecule has 18 heavy (non-hydrogen) atoms. The molecule has 4 heteroatoms. The van der Waals surface area contributed by atoms with Gasteiger partial charge in [0.25, 0.3) is 0 Å². The Morgan fingerprint density at radius 1 is 1.33 bits per heavy atom. The molecule has 0 bridgehead atoms. The molecule has 1 aliphatic heterocycles. The van der Waals surface area contributed by atoms with Gasteiger partial charge in [-0.15, -0.1) is 0 Å². The Hall–Kier alpha value is -1.94. The molecule has 2 aromatic rings. The fraction of sp³-hybridized carbons (Fsp3) is 0.286. The molecule has 0 radical (unpaired) electrons. The number of aliphatic hydroxyl groups excluding tert-OH is 1. The third-order valence-corrected chi connectivity index (χ3v) is 3.27. The lowest BCUT2D eigenvalue weighted by molar-refractivity contribution is -0.140. The average molecular weight is 242 g/mol. The van der Waals surface area contributed by atoms with Gasteiger partial charge < -0.3 is 10.0 Å². The van der Waals surface area contributed by atoms with Crippen LogP contribution in [-0.2, 0) is 11.2 Å². The highest BCUT2D eigenvalue weighted by Gasteiger charge is 2.28. The summed E-state index contributed by atoms with van der Waals surface area (Å²) in [5.74, 6) is 0.0541. The van der Waals surface area contributed by atoms with Gasteiger partial charge in [-0.25, -0.2) is 0 Å². The average Bonchev–Trinajstić information content (AvgIpc) is 2.35. The van der Waals surface area contributed by atoms with Gasteiger partial charge in [0, 0.05) is 24.7 Å². The molecule has 0 aliphatic carbocycles. The largest absolute Gasteiger partial charge is 0.389 e. The fourth-order valence-corrected chi connectivity index (χ4v) is 2.24. The van der Waals surface area contributed by atoms with E-state index in [2.05, 4.69) is 4.98 Å². The minimum atomic E-state index is -0.348. The molecule has 1 aromatic heterocycles. The van der Waals surface area contributed by atoms with E-state index >= 15 is 0 Å².